The van der Waals surface area contributed by atoms with Gasteiger partial charge in [0, 0.05) is 42.5 Å². The van der Waals surface area contributed by atoms with Crippen molar-refractivity contribution in [1.29, 1.82) is 0 Å². The maximum absolute atomic E-state index is 12.5. The fourth-order valence-electron chi connectivity index (χ4n) is 3.11. The summed E-state index contributed by atoms with van der Waals surface area (Å²) < 4.78 is 40.5. The molecule has 1 fully saturated rings. The highest BCUT2D eigenvalue weighted by Gasteiger charge is 2.34. The first-order valence-corrected chi connectivity index (χ1v) is 9.59. The zero-order valence-corrected chi connectivity index (χ0v) is 19.3. The molecule has 11 heteroatoms. The zero-order valence-electron chi connectivity index (χ0n) is 15.3. The van der Waals surface area contributed by atoms with E-state index >= 15 is 0 Å². The fourth-order valence-corrected chi connectivity index (χ4v) is 3.47. The van der Waals surface area contributed by atoms with Gasteiger partial charge in [0.05, 0.1) is 18.8 Å². The molecule has 1 atom stereocenters. The first-order chi connectivity index (χ1) is 12.8. The number of imidazole rings is 1. The summed E-state index contributed by atoms with van der Waals surface area (Å²) in [4.78, 5) is 10.5. The molecule has 6 nitrogen and oxygen atoms in total. The normalized spacial score (nSPS) is 18.3. The number of fused-ring (bicyclic) bond motifs is 1. The molecule has 0 saturated carbocycles. The number of alkyl halides is 3. The second-order valence-electron chi connectivity index (χ2n) is 6.52. The van der Waals surface area contributed by atoms with Crippen LogP contribution in [0.15, 0.2) is 34.0 Å². The summed E-state index contributed by atoms with van der Waals surface area (Å²) in [7, 11) is 0. The van der Waals surface area contributed by atoms with Gasteiger partial charge in [0.25, 0.3) is 0 Å². The third kappa shape index (κ3) is 6.76. The first-order valence-electron chi connectivity index (χ1n) is 8.79. The molecule has 2 N–H and O–H groups in total. The first kappa shape index (κ1) is 23.2. The second kappa shape index (κ2) is 10.1. The van der Waals surface area contributed by atoms with Crippen LogP contribution >= 0.6 is 39.9 Å². The summed E-state index contributed by atoms with van der Waals surface area (Å²) in [5.41, 5.74) is 1.65. The molecule has 0 bridgehead atoms. The topological polar surface area (TPSA) is 57.0 Å². The van der Waals surface area contributed by atoms with Crippen molar-refractivity contribution in [2.45, 2.75) is 32.1 Å². The molecule has 2 aromatic heterocycles. The number of pyridine rings is 1. The van der Waals surface area contributed by atoms with Gasteiger partial charge in [-0.2, -0.15) is 13.2 Å². The number of likely N-dealkylation sites (tertiary alicyclic amines) is 1. The molecule has 0 aliphatic carbocycles. The quantitative estimate of drug-likeness (QED) is 0.326. The van der Waals surface area contributed by atoms with E-state index in [0.717, 1.165) is 15.8 Å². The van der Waals surface area contributed by atoms with Crippen LogP contribution in [0.25, 0.3) is 5.65 Å². The maximum atomic E-state index is 12.5. The molecule has 0 amide bonds. The molecule has 28 heavy (non-hydrogen) atoms. The zero-order chi connectivity index (χ0) is 19.4. The minimum atomic E-state index is -4.16. The molecule has 0 radical (unpaired) electrons. The number of guanidine groups is 1. The monoisotopic (exact) mass is 574 g/mol. The summed E-state index contributed by atoms with van der Waals surface area (Å²) in [6, 6.07) is 3.78. The van der Waals surface area contributed by atoms with Crippen LogP contribution in [0.5, 0.6) is 0 Å². The molecule has 1 aliphatic rings. The van der Waals surface area contributed by atoms with E-state index in [1.165, 1.54) is 4.90 Å². The summed E-state index contributed by atoms with van der Waals surface area (Å²) in [5.74, 6) is 0.592. The maximum Gasteiger partial charge on any atom is 0.401 e. The molecule has 3 rings (SSSR count). The third-order valence-electron chi connectivity index (χ3n) is 4.22. The van der Waals surface area contributed by atoms with Crippen molar-refractivity contribution in [2.75, 3.05) is 26.2 Å². The van der Waals surface area contributed by atoms with Gasteiger partial charge in [-0.05, 0) is 41.4 Å². The number of hydrogen-bond acceptors (Lipinski definition) is 3. The lowest BCUT2D eigenvalue weighted by Crippen LogP contribution is -2.45. The predicted molar refractivity (Wildman–Crippen MR) is 117 cm³/mol. The van der Waals surface area contributed by atoms with E-state index < -0.39 is 12.7 Å². The number of nitrogens with zero attached hydrogens (tertiary/aromatic N) is 4. The van der Waals surface area contributed by atoms with Crippen LogP contribution in [0, 0.1) is 0 Å². The molecule has 2 aromatic rings. The van der Waals surface area contributed by atoms with Crippen LogP contribution < -0.4 is 10.6 Å². The second-order valence-corrected chi connectivity index (χ2v) is 7.44. The van der Waals surface area contributed by atoms with E-state index in [9.17, 15) is 13.2 Å². The van der Waals surface area contributed by atoms with E-state index in [1.54, 1.807) is 0 Å². The minimum absolute atomic E-state index is 0. The molecule has 1 aliphatic heterocycles. The van der Waals surface area contributed by atoms with Gasteiger partial charge in [0.1, 0.15) is 5.65 Å². The Labute approximate surface area is 187 Å². The van der Waals surface area contributed by atoms with Crippen LogP contribution in [0.4, 0.5) is 13.2 Å². The van der Waals surface area contributed by atoms with Gasteiger partial charge in [0.2, 0.25) is 0 Å². The van der Waals surface area contributed by atoms with Crippen molar-refractivity contribution < 1.29 is 13.2 Å². The van der Waals surface area contributed by atoms with E-state index in [0.29, 0.717) is 38.6 Å². The highest BCUT2D eigenvalue weighted by molar-refractivity contribution is 14.0. The van der Waals surface area contributed by atoms with Crippen molar-refractivity contribution in [3.63, 3.8) is 0 Å². The van der Waals surface area contributed by atoms with Crippen LogP contribution in [0.2, 0.25) is 0 Å². The lowest BCUT2D eigenvalue weighted by atomic mass is 10.3. The van der Waals surface area contributed by atoms with Gasteiger partial charge in [-0.1, -0.05) is 0 Å². The summed E-state index contributed by atoms with van der Waals surface area (Å²) >= 11 is 3.43. The van der Waals surface area contributed by atoms with Gasteiger partial charge < -0.3 is 15.0 Å². The summed E-state index contributed by atoms with van der Waals surface area (Å²) in [6.07, 6.45) is 0.328. The van der Waals surface area contributed by atoms with Crippen LogP contribution in [-0.2, 0) is 6.54 Å². The molecular weight excluding hydrogens is 552 g/mol. The number of aliphatic imine (C=N–C) groups is 1. The molecular formula is C17H23BrF3IN6. The molecule has 0 spiro atoms. The number of hydrogen-bond donors (Lipinski definition) is 2. The van der Waals surface area contributed by atoms with Crippen molar-refractivity contribution in [1.82, 2.24) is 24.9 Å². The average molecular weight is 575 g/mol. The number of aromatic nitrogens is 2. The Bertz CT molecular complexity index is 810. The van der Waals surface area contributed by atoms with Crippen LogP contribution in [0.1, 0.15) is 19.0 Å². The molecule has 1 saturated heterocycles. The Morgan fingerprint density at radius 3 is 2.86 bits per heavy atom. The molecule has 0 aromatic carbocycles. The van der Waals surface area contributed by atoms with Crippen molar-refractivity contribution in [2.24, 2.45) is 4.99 Å². The third-order valence-corrected chi connectivity index (χ3v) is 4.69. The van der Waals surface area contributed by atoms with E-state index in [4.69, 9.17) is 0 Å². The van der Waals surface area contributed by atoms with Gasteiger partial charge in [-0.3, -0.25) is 4.90 Å². The predicted octanol–water partition coefficient (Wildman–Crippen LogP) is 3.41. The lowest BCUT2D eigenvalue weighted by molar-refractivity contribution is -0.143. The van der Waals surface area contributed by atoms with Gasteiger partial charge in [-0.15, -0.1) is 24.0 Å². The van der Waals surface area contributed by atoms with Gasteiger partial charge in [0.15, 0.2) is 5.96 Å². The van der Waals surface area contributed by atoms with Crippen molar-refractivity contribution in [3.8, 4) is 0 Å². The Balaban J connectivity index is 0.00000280. The fraction of sp³-hybridized carbons (Fsp3) is 0.529. The Morgan fingerprint density at radius 2 is 2.14 bits per heavy atom. The van der Waals surface area contributed by atoms with Crippen molar-refractivity contribution in [3.05, 3.63) is 34.7 Å². The molecule has 3 heterocycles. The largest absolute Gasteiger partial charge is 0.401 e. The Hall–Kier alpha value is -1.08. The highest BCUT2D eigenvalue weighted by atomic mass is 127. The highest BCUT2D eigenvalue weighted by Crippen LogP contribution is 2.20. The average Bonchev–Trinajstić information content (AvgIpc) is 3.17. The van der Waals surface area contributed by atoms with Gasteiger partial charge in [-0.25, -0.2) is 9.98 Å². The van der Waals surface area contributed by atoms with Crippen LogP contribution in [0.3, 0.4) is 0 Å². The van der Waals surface area contributed by atoms with Crippen molar-refractivity contribution >= 4 is 51.5 Å². The summed E-state index contributed by atoms with van der Waals surface area (Å²) in [5, 5.41) is 6.38. The standard InChI is InChI=1S/C17H22BrF3N6.HI/c1-2-22-16(25-13-5-6-26(9-13)11-17(19,20)21)23-7-14-10-27-8-12(18)3-4-15(27)24-14;/h3-4,8,10,13H,2,5-7,9,11H2,1H3,(H2,22,23,25);1H. The smallest absolute Gasteiger partial charge is 0.357 e. The van der Waals surface area contributed by atoms with E-state index in [-0.39, 0.29) is 30.0 Å². The van der Waals surface area contributed by atoms with E-state index in [2.05, 4.69) is 36.5 Å². The SMILES string of the molecule is CCNC(=NCc1cn2cc(Br)ccc2n1)NC1CCN(CC(F)(F)F)C1.I. The molecule has 1 unspecified atom stereocenters. The number of nitrogens with one attached hydrogen (secondary N) is 2. The van der Waals surface area contributed by atoms with E-state index in [1.807, 2.05) is 35.9 Å². The Kier molecular flexibility index (Phi) is 8.37. The Morgan fingerprint density at radius 1 is 1.36 bits per heavy atom. The lowest BCUT2D eigenvalue weighted by Gasteiger charge is -2.19. The minimum Gasteiger partial charge on any atom is -0.357 e. The molecule has 156 valence electrons. The van der Waals surface area contributed by atoms with Crippen LogP contribution in [-0.4, -0.2) is 58.6 Å². The number of halogens is 5. The van der Waals surface area contributed by atoms with Gasteiger partial charge >= 0.3 is 6.18 Å². The number of rotatable bonds is 5. The summed E-state index contributed by atoms with van der Waals surface area (Å²) in [6.45, 7) is 2.92.